The molecule has 0 saturated carbocycles. The average Bonchev–Trinajstić information content (AvgIpc) is 3.26. The third-order valence-corrected chi connectivity index (χ3v) is 6.29. The highest BCUT2D eigenvalue weighted by Gasteiger charge is 2.39. The van der Waals surface area contributed by atoms with Crippen molar-refractivity contribution in [1.82, 2.24) is 5.32 Å². The SMILES string of the molecule is COc1ccc(COC(=O)C2=C(C)NC3=C(C(=O)CCC3)[C@@H]2c2cccs2)cc1. The van der Waals surface area contributed by atoms with Crippen LogP contribution in [0.3, 0.4) is 0 Å². The molecule has 5 nitrogen and oxygen atoms in total. The van der Waals surface area contributed by atoms with Gasteiger partial charge in [-0.05, 0) is 48.9 Å². The molecule has 1 aliphatic heterocycles. The van der Waals surface area contributed by atoms with Crippen LogP contribution in [0, 0.1) is 0 Å². The maximum absolute atomic E-state index is 13.1. The van der Waals surface area contributed by atoms with Crippen molar-refractivity contribution < 1.29 is 19.1 Å². The number of ether oxygens (including phenoxy) is 2. The van der Waals surface area contributed by atoms with Crippen molar-refractivity contribution >= 4 is 23.1 Å². The minimum Gasteiger partial charge on any atom is -0.497 e. The average molecular weight is 410 g/mol. The molecule has 4 rings (SSSR count). The Bertz CT molecular complexity index is 986. The summed E-state index contributed by atoms with van der Waals surface area (Å²) in [7, 11) is 1.61. The van der Waals surface area contributed by atoms with Gasteiger partial charge < -0.3 is 14.8 Å². The number of nitrogens with one attached hydrogen (secondary N) is 1. The first-order chi connectivity index (χ1) is 14.1. The molecule has 0 unspecified atom stereocenters. The number of allylic oxidation sites excluding steroid dienone is 3. The number of esters is 1. The van der Waals surface area contributed by atoms with E-state index in [1.54, 1.807) is 18.4 Å². The summed E-state index contributed by atoms with van der Waals surface area (Å²) >= 11 is 1.56. The monoisotopic (exact) mass is 409 g/mol. The molecule has 1 aromatic heterocycles. The van der Waals surface area contributed by atoms with Gasteiger partial charge in [0.25, 0.3) is 0 Å². The first kappa shape index (κ1) is 19.5. The quantitative estimate of drug-likeness (QED) is 0.739. The number of thiophene rings is 1. The van der Waals surface area contributed by atoms with Crippen LogP contribution in [0.1, 0.15) is 42.5 Å². The highest BCUT2D eigenvalue weighted by molar-refractivity contribution is 7.10. The zero-order valence-electron chi connectivity index (χ0n) is 16.5. The summed E-state index contributed by atoms with van der Waals surface area (Å²) in [5.41, 5.74) is 3.83. The number of rotatable bonds is 5. The van der Waals surface area contributed by atoms with E-state index >= 15 is 0 Å². The van der Waals surface area contributed by atoms with Gasteiger partial charge in [0.05, 0.1) is 18.6 Å². The summed E-state index contributed by atoms with van der Waals surface area (Å²) in [5, 5.41) is 5.28. The first-order valence-electron chi connectivity index (χ1n) is 9.66. The van der Waals surface area contributed by atoms with Crippen LogP contribution >= 0.6 is 11.3 Å². The lowest BCUT2D eigenvalue weighted by Crippen LogP contribution is -2.34. The third-order valence-electron chi connectivity index (χ3n) is 5.35. The molecule has 0 bridgehead atoms. The number of hydrogen-bond acceptors (Lipinski definition) is 6. The number of benzene rings is 1. The van der Waals surface area contributed by atoms with E-state index in [1.807, 2.05) is 48.7 Å². The summed E-state index contributed by atoms with van der Waals surface area (Å²) in [5.74, 6) is 0.116. The van der Waals surface area contributed by atoms with Crippen molar-refractivity contribution in [1.29, 1.82) is 0 Å². The fraction of sp³-hybridized carbons (Fsp3) is 0.304. The summed E-state index contributed by atoms with van der Waals surface area (Å²) in [6, 6.07) is 11.3. The number of Topliss-reactive ketones (excluding diaryl/α,β-unsaturated/α-hetero) is 1. The van der Waals surface area contributed by atoms with E-state index < -0.39 is 5.97 Å². The second-order valence-electron chi connectivity index (χ2n) is 7.21. The maximum Gasteiger partial charge on any atom is 0.337 e. The number of methoxy groups -OCH3 is 1. The number of hydrogen-bond donors (Lipinski definition) is 1. The van der Waals surface area contributed by atoms with Crippen LogP contribution < -0.4 is 10.1 Å². The largest absolute Gasteiger partial charge is 0.497 e. The standard InChI is InChI=1S/C23H23NO4S/c1-14-20(23(26)28-13-15-8-10-16(27-2)11-9-15)22(19-7-4-12-29-19)21-17(24-14)5-3-6-18(21)25/h4,7-12,22,24H,3,5-6,13H2,1-2H3/t22-/m1/s1. The Morgan fingerprint density at radius 3 is 2.69 bits per heavy atom. The zero-order chi connectivity index (χ0) is 20.4. The zero-order valence-corrected chi connectivity index (χ0v) is 17.3. The minimum atomic E-state index is -0.394. The van der Waals surface area contributed by atoms with E-state index in [9.17, 15) is 9.59 Å². The molecule has 29 heavy (non-hydrogen) atoms. The van der Waals surface area contributed by atoms with Crippen LogP contribution in [-0.2, 0) is 20.9 Å². The molecule has 0 amide bonds. The molecule has 0 spiro atoms. The lowest BCUT2D eigenvalue weighted by atomic mass is 9.78. The predicted molar refractivity (Wildman–Crippen MR) is 112 cm³/mol. The summed E-state index contributed by atoms with van der Waals surface area (Å²) in [6.45, 7) is 2.05. The van der Waals surface area contributed by atoms with Crippen molar-refractivity contribution in [2.45, 2.75) is 38.7 Å². The number of carbonyl (C=O) groups excluding carboxylic acids is 2. The molecule has 0 radical (unpaired) electrons. The summed E-state index contributed by atoms with van der Waals surface area (Å²) < 4.78 is 10.8. The normalized spacial score (nSPS) is 19.0. The van der Waals surface area contributed by atoms with Gasteiger partial charge in [0, 0.05) is 28.3 Å². The van der Waals surface area contributed by atoms with Crippen LogP contribution in [-0.4, -0.2) is 18.9 Å². The van der Waals surface area contributed by atoms with Crippen LogP contribution in [0.5, 0.6) is 5.75 Å². The Labute approximate surface area is 174 Å². The van der Waals surface area contributed by atoms with Gasteiger partial charge in [0.15, 0.2) is 5.78 Å². The minimum absolute atomic E-state index is 0.116. The van der Waals surface area contributed by atoms with Crippen molar-refractivity contribution in [3.05, 3.63) is 74.8 Å². The molecular weight excluding hydrogens is 386 g/mol. The molecule has 2 aromatic rings. The molecule has 150 valence electrons. The van der Waals surface area contributed by atoms with Crippen molar-refractivity contribution in [3.8, 4) is 5.75 Å². The Balaban J connectivity index is 1.61. The van der Waals surface area contributed by atoms with E-state index in [4.69, 9.17) is 9.47 Å². The van der Waals surface area contributed by atoms with Gasteiger partial charge >= 0.3 is 5.97 Å². The fourth-order valence-electron chi connectivity index (χ4n) is 3.94. The van der Waals surface area contributed by atoms with E-state index in [2.05, 4.69) is 5.32 Å². The second-order valence-corrected chi connectivity index (χ2v) is 8.18. The van der Waals surface area contributed by atoms with Gasteiger partial charge in [0.2, 0.25) is 0 Å². The number of ketones is 1. The van der Waals surface area contributed by atoms with E-state index in [0.29, 0.717) is 12.0 Å². The molecule has 1 aliphatic carbocycles. The van der Waals surface area contributed by atoms with Crippen molar-refractivity contribution in [2.75, 3.05) is 7.11 Å². The van der Waals surface area contributed by atoms with E-state index in [0.717, 1.165) is 46.0 Å². The molecular formula is C23H23NO4S. The van der Waals surface area contributed by atoms with Crippen molar-refractivity contribution in [3.63, 3.8) is 0 Å². The van der Waals surface area contributed by atoms with E-state index in [-0.39, 0.29) is 18.3 Å². The highest BCUT2D eigenvalue weighted by Crippen LogP contribution is 2.43. The molecule has 2 heterocycles. The lowest BCUT2D eigenvalue weighted by Gasteiger charge is -2.33. The smallest absolute Gasteiger partial charge is 0.337 e. The summed E-state index contributed by atoms with van der Waals surface area (Å²) in [6.07, 6.45) is 2.19. The van der Waals surface area contributed by atoms with Crippen LogP contribution in [0.15, 0.2) is 64.3 Å². The lowest BCUT2D eigenvalue weighted by molar-refractivity contribution is -0.140. The molecule has 0 saturated heterocycles. The molecule has 1 N–H and O–H groups in total. The van der Waals surface area contributed by atoms with Gasteiger partial charge in [-0.25, -0.2) is 4.79 Å². The molecule has 1 atom stereocenters. The second kappa shape index (κ2) is 8.25. The van der Waals surface area contributed by atoms with Gasteiger partial charge in [-0.15, -0.1) is 11.3 Å². The Hall–Kier alpha value is -2.86. The van der Waals surface area contributed by atoms with Gasteiger partial charge in [-0.1, -0.05) is 18.2 Å². The third kappa shape index (κ3) is 3.85. The molecule has 6 heteroatoms. The fourth-order valence-corrected chi connectivity index (χ4v) is 4.79. The number of dihydropyridines is 1. The van der Waals surface area contributed by atoms with Crippen molar-refractivity contribution in [2.24, 2.45) is 0 Å². The highest BCUT2D eigenvalue weighted by atomic mass is 32.1. The summed E-state index contributed by atoms with van der Waals surface area (Å²) in [4.78, 5) is 26.9. The topological polar surface area (TPSA) is 64.6 Å². The van der Waals surface area contributed by atoms with Gasteiger partial charge in [-0.3, -0.25) is 4.79 Å². The Kier molecular flexibility index (Phi) is 5.53. The maximum atomic E-state index is 13.1. The predicted octanol–water partition coefficient (Wildman–Crippen LogP) is 4.47. The van der Waals surface area contributed by atoms with E-state index in [1.165, 1.54) is 0 Å². The number of carbonyl (C=O) groups is 2. The van der Waals surface area contributed by atoms with Gasteiger partial charge in [-0.2, -0.15) is 0 Å². The molecule has 0 fully saturated rings. The molecule has 2 aliphatic rings. The Morgan fingerprint density at radius 1 is 1.21 bits per heavy atom. The molecule has 1 aromatic carbocycles. The van der Waals surface area contributed by atoms with Crippen LogP contribution in [0.2, 0.25) is 0 Å². The van der Waals surface area contributed by atoms with Crippen LogP contribution in [0.25, 0.3) is 0 Å². The first-order valence-corrected chi connectivity index (χ1v) is 10.5. The Morgan fingerprint density at radius 2 is 2.00 bits per heavy atom. The van der Waals surface area contributed by atoms with Gasteiger partial charge in [0.1, 0.15) is 12.4 Å². The van der Waals surface area contributed by atoms with Crippen LogP contribution in [0.4, 0.5) is 0 Å².